The van der Waals surface area contributed by atoms with Crippen LogP contribution in [0, 0.1) is 5.92 Å². The summed E-state index contributed by atoms with van der Waals surface area (Å²) in [6.45, 7) is 0.430. The summed E-state index contributed by atoms with van der Waals surface area (Å²) < 4.78 is 1.76. The molecule has 1 fully saturated rings. The van der Waals surface area contributed by atoms with Crippen molar-refractivity contribution in [1.82, 2.24) is 9.88 Å². The second kappa shape index (κ2) is 6.96. The smallest absolute Gasteiger partial charge is 0.240 e. The maximum atomic E-state index is 12.1. The van der Waals surface area contributed by atoms with Crippen LogP contribution in [0.3, 0.4) is 0 Å². The molecule has 3 rings (SSSR count). The molecule has 5 nitrogen and oxygen atoms in total. The summed E-state index contributed by atoms with van der Waals surface area (Å²) in [4.78, 5) is 24.0. The maximum absolute atomic E-state index is 12.1. The third-order valence-electron chi connectivity index (χ3n) is 4.65. The number of rotatable bonds is 5. The van der Waals surface area contributed by atoms with Crippen molar-refractivity contribution in [2.24, 2.45) is 5.92 Å². The molecule has 0 saturated heterocycles. The molecule has 2 aromatic rings. The van der Waals surface area contributed by atoms with Gasteiger partial charge in [0.1, 0.15) is 6.54 Å². The zero-order valence-corrected chi connectivity index (χ0v) is 13.1. The van der Waals surface area contributed by atoms with Gasteiger partial charge in [-0.05, 0) is 30.9 Å². The van der Waals surface area contributed by atoms with E-state index in [4.69, 9.17) is 0 Å². The van der Waals surface area contributed by atoms with E-state index in [2.05, 4.69) is 5.32 Å². The van der Waals surface area contributed by atoms with Crippen LogP contribution in [-0.4, -0.2) is 28.2 Å². The molecule has 1 aromatic heterocycles. The number of nitrogens with one attached hydrogen (secondary N) is 1. The van der Waals surface area contributed by atoms with E-state index in [0.717, 1.165) is 18.4 Å². The average Bonchev–Trinajstić information content (AvgIpc) is 3.10. The van der Waals surface area contributed by atoms with Crippen LogP contribution in [0.4, 0.5) is 0 Å². The molecule has 1 amide bonds. The molecule has 1 aliphatic rings. The van der Waals surface area contributed by atoms with Crippen LogP contribution >= 0.6 is 0 Å². The van der Waals surface area contributed by atoms with Crippen molar-refractivity contribution in [2.45, 2.75) is 38.3 Å². The van der Waals surface area contributed by atoms with Crippen molar-refractivity contribution in [3.63, 3.8) is 0 Å². The van der Waals surface area contributed by atoms with Gasteiger partial charge in [-0.3, -0.25) is 9.59 Å². The molecule has 1 saturated carbocycles. The summed E-state index contributed by atoms with van der Waals surface area (Å²) in [7, 11) is 0. The molecule has 0 bridgehead atoms. The van der Waals surface area contributed by atoms with Crippen molar-refractivity contribution >= 4 is 16.8 Å². The van der Waals surface area contributed by atoms with Crippen molar-refractivity contribution in [1.29, 1.82) is 0 Å². The van der Waals surface area contributed by atoms with Crippen LogP contribution in [-0.2, 0) is 11.3 Å². The molecule has 0 spiro atoms. The number of para-hydroxylation sites is 1. The molecular weight excluding hydrogens is 292 g/mol. The van der Waals surface area contributed by atoms with Crippen LogP contribution < -0.4 is 10.7 Å². The van der Waals surface area contributed by atoms with Gasteiger partial charge in [-0.25, -0.2) is 0 Å². The lowest BCUT2D eigenvalue weighted by Gasteiger charge is -2.18. The minimum Gasteiger partial charge on any atom is -0.391 e. The number of aliphatic hydroxyl groups excluding tert-OH is 1. The second-order valence-corrected chi connectivity index (χ2v) is 6.24. The molecule has 122 valence electrons. The highest BCUT2D eigenvalue weighted by Gasteiger charge is 2.23. The number of carbonyl (C=O) groups excluding carboxylic acids is 1. The SMILES string of the molecule is O=C(Cn1ccc(=O)c2ccccc21)NCC(O)C1CCCC1. The normalized spacial score (nSPS) is 16.6. The second-order valence-electron chi connectivity index (χ2n) is 6.24. The van der Waals surface area contributed by atoms with E-state index in [1.807, 2.05) is 18.2 Å². The van der Waals surface area contributed by atoms with Gasteiger partial charge < -0.3 is 15.0 Å². The largest absolute Gasteiger partial charge is 0.391 e. The van der Waals surface area contributed by atoms with Gasteiger partial charge in [0.2, 0.25) is 5.91 Å². The first-order valence-corrected chi connectivity index (χ1v) is 8.18. The Hall–Kier alpha value is -2.14. The Balaban J connectivity index is 1.64. The van der Waals surface area contributed by atoms with E-state index in [1.165, 1.54) is 18.9 Å². The molecule has 1 unspecified atom stereocenters. The first-order chi connectivity index (χ1) is 11.1. The van der Waals surface area contributed by atoms with Crippen LogP contribution in [0.25, 0.3) is 10.9 Å². The summed E-state index contributed by atoms with van der Waals surface area (Å²) in [5.41, 5.74) is 0.695. The van der Waals surface area contributed by atoms with Gasteiger partial charge in [0.25, 0.3) is 0 Å². The fraction of sp³-hybridized carbons (Fsp3) is 0.444. The number of amides is 1. The molecular formula is C18H22N2O3. The third kappa shape index (κ3) is 3.62. The van der Waals surface area contributed by atoms with Gasteiger partial charge in [0.15, 0.2) is 5.43 Å². The lowest BCUT2D eigenvalue weighted by Crippen LogP contribution is -2.37. The average molecular weight is 314 g/mol. The van der Waals surface area contributed by atoms with Crippen LogP contribution in [0.5, 0.6) is 0 Å². The number of aromatic nitrogens is 1. The molecule has 1 aliphatic carbocycles. The van der Waals surface area contributed by atoms with E-state index < -0.39 is 6.10 Å². The minimum absolute atomic E-state index is 0.0473. The van der Waals surface area contributed by atoms with E-state index in [0.29, 0.717) is 17.8 Å². The Morgan fingerprint density at radius 1 is 1.26 bits per heavy atom. The van der Waals surface area contributed by atoms with Crippen LogP contribution in [0.2, 0.25) is 0 Å². The quantitative estimate of drug-likeness (QED) is 0.882. The van der Waals surface area contributed by atoms with E-state index >= 15 is 0 Å². The van der Waals surface area contributed by atoms with Crippen molar-refractivity contribution in [2.75, 3.05) is 6.54 Å². The minimum atomic E-state index is -0.466. The van der Waals surface area contributed by atoms with Gasteiger partial charge in [-0.15, -0.1) is 0 Å². The fourth-order valence-electron chi connectivity index (χ4n) is 3.34. The first-order valence-electron chi connectivity index (χ1n) is 8.18. The predicted molar refractivity (Wildman–Crippen MR) is 89.2 cm³/mol. The lowest BCUT2D eigenvalue weighted by molar-refractivity contribution is -0.122. The summed E-state index contributed by atoms with van der Waals surface area (Å²) >= 11 is 0. The molecule has 2 N–H and O–H groups in total. The van der Waals surface area contributed by atoms with Crippen LogP contribution in [0.15, 0.2) is 41.3 Å². The Labute approximate surface area is 134 Å². The zero-order chi connectivity index (χ0) is 16.2. The molecule has 5 heteroatoms. The number of aliphatic hydroxyl groups is 1. The van der Waals surface area contributed by atoms with Gasteiger partial charge in [-0.1, -0.05) is 25.0 Å². The predicted octanol–water partition coefficient (Wildman–Crippen LogP) is 1.67. The standard InChI is InChI=1S/C18H22N2O3/c21-16-9-10-20(15-8-4-3-7-14(15)16)12-18(23)19-11-17(22)13-5-1-2-6-13/h3-4,7-10,13,17,22H,1-2,5-6,11-12H2,(H,19,23). The molecule has 23 heavy (non-hydrogen) atoms. The molecule has 1 atom stereocenters. The van der Waals surface area contributed by atoms with E-state index in [1.54, 1.807) is 16.8 Å². The Kier molecular flexibility index (Phi) is 4.76. The maximum Gasteiger partial charge on any atom is 0.240 e. The number of hydrogen-bond donors (Lipinski definition) is 2. The summed E-state index contributed by atoms with van der Waals surface area (Å²) in [5, 5.41) is 13.5. The van der Waals surface area contributed by atoms with Gasteiger partial charge in [-0.2, -0.15) is 0 Å². The summed E-state index contributed by atoms with van der Waals surface area (Å²) in [6.07, 6.45) is 5.59. The van der Waals surface area contributed by atoms with Crippen LogP contribution in [0.1, 0.15) is 25.7 Å². The first kappa shape index (κ1) is 15.7. The summed E-state index contributed by atoms with van der Waals surface area (Å²) in [5.74, 6) is 0.152. The van der Waals surface area contributed by atoms with Crippen molar-refractivity contribution < 1.29 is 9.90 Å². The molecule has 1 aromatic carbocycles. The van der Waals surface area contributed by atoms with E-state index in [9.17, 15) is 14.7 Å². The van der Waals surface area contributed by atoms with Crippen molar-refractivity contribution in [3.8, 4) is 0 Å². The highest BCUT2D eigenvalue weighted by Crippen LogP contribution is 2.27. The number of carbonyl (C=O) groups is 1. The van der Waals surface area contributed by atoms with E-state index in [-0.39, 0.29) is 17.9 Å². The third-order valence-corrected chi connectivity index (χ3v) is 4.65. The lowest BCUT2D eigenvalue weighted by atomic mass is 10.0. The number of fused-ring (bicyclic) bond motifs is 1. The molecule has 1 heterocycles. The summed E-state index contributed by atoms with van der Waals surface area (Å²) in [6, 6.07) is 8.72. The Morgan fingerprint density at radius 2 is 2.00 bits per heavy atom. The number of pyridine rings is 1. The van der Waals surface area contributed by atoms with Gasteiger partial charge in [0, 0.05) is 24.2 Å². The van der Waals surface area contributed by atoms with Gasteiger partial charge >= 0.3 is 0 Å². The highest BCUT2D eigenvalue weighted by atomic mass is 16.3. The van der Waals surface area contributed by atoms with Crippen molar-refractivity contribution in [3.05, 3.63) is 46.8 Å². The molecule has 0 aliphatic heterocycles. The highest BCUT2D eigenvalue weighted by molar-refractivity contribution is 5.82. The Bertz CT molecular complexity index is 747. The Morgan fingerprint density at radius 3 is 2.78 bits per heavy atom. The molecule has 0 radical (unpaired) electrons. The number of hydrogen-bond acceptors (Lipinski definition) is 3. The monoisotopic (exact) mass is 314 g/mol. The fourth-order valence-corrected chi connectivity index (χ4v) is 3.34. The topological polar surface area (TPSA) is 71.3 Å². The number of nitrogens with zero attached hydrogens (tertiary/aromatic N) is 1. The number of benzene rings is 1. The zero-order valence-electron chi connectivity index (χ0n) is 13.1. The van der Waals surface area contributed by atoms with Gasteiger partial charge in [0.05, 0.1) is 11.6 Å².